The number of nitrogens with one attached hydrogen (secondary N) is 2. The van der Waals surface area contributed by atoms with Crippen molar-refractivity contribution in [3.05, 3.63) is 0 Å². The van der Waals surface area contributed by atoms with Crippen LogP contribution in [0.4, 0.5) is 18.0 Å². The molecule has 2 rings (SSSR count). The van der Waals surface area contributed by atoms with Crippen LogP contribution >= 0.6 is 0 Å². The van der Waals surface area contributed by atoms with E-state index in [4.69, 9.17) is 4.74 Å². The van der Waals surface area contributed by atoms with Gasteiger partial charge < -0.3 is 15.4 Å². The van der Waals surface area contributed by atoms with Crippen LogP contribution in [0.25, 0.3) is 0 Å². The van der Waals surface area contributed by atoms with Crippen LogP contribution in [0.5, 0.6) is 0 Å². The van der Waals surface area contributed by atoms with E-state index in [9.17, 15) is 18.0 Å². The van der Waals surface area contributed by atoms with E-state index in [0.717, 1.165) is 25.9 Å². The molecule has 22 heavy (non-hydrogen) atoms. The molecule has 2 fully saturated rings. The molecule has 2 atom stereocenters. The first-order valence-corrected chi connectivity index (χ1v) is 8.15. The number of rotatable bonds is 4. The predicted molar refractivity (Wildman–Crippen MR) is 76.5 cm³/mol. The second kappa shape index (κ2) is 7.53. The first kappa shape index (κ1) is 17.4. The SMILES string of the molecule is CCC(NC(=O)NC1CCC(C(F)(F)F)CC1)C1CCCO1. The summed E-state index contributed by atoms with van der Waals surface area (Å²) in [6.45, 7) is 2.72. The standard InChI is InChI=1S/C15H25F3N2O2/c1-2-12(13-4-3-9-22-13)20-14(21)19-11-7-5-10(6-8-11)15(16,17)18/h10-13H,2-9H2,1H3,(H2,19,20,21). The summed E-state index contributed by atoms with van der Waals surface area (Å²) in [5.41, 5.74) is 0. The third-order valence-corrected chi connectivity index (χ3v) is 4.70. The average molecular weight is 322 g/mol. The van der Waals surface area contributed by atoms with Gasteiger partial charge in [-0.3, -0.25) is 0 Å². The number of hydrogen-bond acceptors (Lipinski definition) is 2. The zero-order valence-electron chi connectivity index (χ0n) is 12.9. The third kappa shape index (κ3) is 4.76. The van der Waals surface area contributed by atoms with Crippen LogP contribution in [0.2, 0.25) is 0 Å². The van der Waals surface area contributed by atoms with Gasteiger partial charge in [0.2, 0.25) is 0 Å². The van der Waals surface area contributed by atoms with Crippen LogP contribution in [0.1, 0.15) is 51.9 Å². The molecule has 0 radical (unpaired) electrons. The highest BCUT2D eigenvalue weighted by Gasteiger charge is 2.41. The van der Waals surface area contributed by atoms with Gasteiger partial charge in [-0.2, -0.15) is 13.2 Å². The van der Waals surface area contributed by atoms with Gasteiger partial charge in [-0.15, -0.1) is 0 Å². The quantitative estimate of drug-likeness (QED) is 0.834. The van der Waals surface area contributed by atoms with Crippen molar-refractivity contribution >= 4 is 6.03 Å². The van der Waals surface area contributed by atoms with Gasteiger partial charge in [0.1, 0.15) is 0 Å². The molecule has 1 saturated carbocycles. The molecule has 0 aromatic rings. The molecule has 2 amide bonds. The van der Waals surface area contributed by atoms with Crippen molar-refractivity contribution in [2.75, 3.05) is 6.61 Å². The summed E-state index contributed by atoms with van der Waals surface area (Å²) in [6, 6.07) is -0.493. The fraction of sp³-hybridized carbons (Fsp3) is 0.933. The summed E-state index contributed by atoms with van der Waals surface area (Å²) in [7, 11) is 0. The monoisotopic (exact) mass is 322 g/mol. The number of halogens is 3. The number of carbonyl (C=O) groups is 1. The van der Waals surface area contributed by atoms with Gasteiger partial charge in [-0.05, 0) is 44.9 Å². The Balaban J connectivity index is 1.73. The highest BCUT2D eigenvalue weighted by atomic mass is 19.4. The molecule has 128 valence electrons. The average Bonchev–Trinajstić information content (AvgIpc) is 2.98. The number of carbonyl (C=O) groups excluding carboxylic acids is 1. The van der Waals surface area contributed by atoms with Gasteiger partial charge in [-0.1, -0.05) is 6.92 Å². The summed E-state index contributed by atoms with van der Waals surface area (Å²) in [5, 5.41) is 5.71. The van der Waals surface area contributed by atoms with Crippen LogP contribution in [0, 0.1) is 5.92 Å². The molecule has 2 N–H and O–H groups in total. The highest BCUT2D eigenvalue weighted by molar-refractivity contribution is 5.74. The second-order valence-corrected chi connectivity index (χ2v) is 6.27. The summed E-state index contributed by atoms with van der Waals surface area (Å²) < 4.78 is 43.4. The summed E-state index contributed by atoms with van der Waals surface area (Å²) in [4.78, 5) is 12.0. The van der Waals surface area contributed by atoms with E-state index in [1.807, 2.05) is 6.92 Å². The van der Waals surface area contributed by atoms with E-state index < -0.39 is 12.1 Å². The Morgan fingerprint density at radius 2 is 1.91 bits per heavy atom. The van der Waals surface area contributed by atoms with E-state index in [2.05, 4.69) is 10.6 Å². The maximum Gasteiger partial charge on any atom is 0.391 e. The van der Waals surface area contributed by atoms with Crippen molar-refractivity contribution in [1.29, 1.82) is 0 Å². The smallest absolute Gasteiger partial charge is 0.376 e. The lowest BCUT2D eigenvalue weighted by Gasteiger charge is -2.31. The normalized spacial score (nSPS) is 30.8. The number of alkyl halides is 3. The van der Waals surface area contributed by atoms with Crippen LogP contribution in [-0.2, 0) is 4.74 Å². The van der Waals surface area contributed by atoms with Crippen LogP contribution in [0.3, 0.4) is 0 Å². The maximum absolute atomic E-state index is 12.6. The number of hydrogen-bond donors (Lipinski definition) is 2. The summed E-state index contributed by atoms with van der Waals surface area (Å²) in [6.07, 6.45) is -0.380. The maximum atomic E-state index is 12.6. The predicted octanol–water partition coefficient (Wildman–Crippen LogP) is 3.36. The van der Waals surface area contributed by atoms with Crippen molar-refractivity contribution < 1.29 is 22.7 Å². The van der Waals surface area contributed by atoms with Crippen molar-refractivity contribution in [2.24, 2.45) is 5.92 Å². The van der Waals surface area contributed by atoms with Crippen molar-refractivity contribution in [1.82, 2.24) is 10.6 Å². The Hall–Kier alpha value is -0.980. The number of urea groups is 1. The Bertz CT molecular complexity index is 362. The van der Waals surface area contributed by atoms with Crippen molar-refractivity contribution in [2.45, 2.75) is 76.2 Å². The Morgan fingerprint density at radius 1 is 1.23 bits per heavy atom. The highest BCUT2D eigenvalue weighted by Crippen LogP contribution is 2.37. The molecule has 0 aromatic carbocycles. The first-order valence-electron chi connectivity index (χ1n) is 8.15. The van der Waals surface area contributed by atoms with Crippen LogP contribution < -0.4 is 10.6 Å². The van der Waals surface area contributed by atoms with E-state index >= 15 is 0 Å². The summed E-state index contributed by atoms with van der Waals surface area (Å²) in [5.74, 6) is -1.22. The lowest BCUT2D eigenvalue weighted by molar-refractivity contribution is -0.182. The molecule has 1 heterocycles. The van der Waals surface area contributed by atoms with Gasteiger partial charge >= 0.3 is 12.2 Å². The lowest BCUT2D eigenvalue weighted by atomic mass is 9.85. The molecular weight excluding hydrogens is 297 g/mol. The minimum atomic E-state index is -4.11. The Morgan fingerprint density at radius 3 is 2.41 bits per heavy atom. The van der Waals surface area contributed by atoms with Gasteiger partial charge in [-0.25, -0.2) is 4.79 Å². The van der Waals surface area contributed by atoms with E-state index in [1.54, 1.807) is 0 Å². The molecule has 7 heteroatoms. The fourth-order valence-electron chi connectivity index (χ4n) is 3.34. The van der Waals surface area contributed by atoms with Crippen LogP contribution in [0.15, 0.2) is 0 Å². The van der Waals surface area contributed by atoms with Crippen molar-refractivity contribution in [3.63, 3.8) is 0 Å². The third-order valence-electron chi connectivity index (χ3n) is 4.70. The van der Waals surface area contributed by atoms with E-state index in [-0.39, 0.29) is 37.1 Å². The Labute approximate surface area is 129 Å². The van der Waals surface area contributed by atoms with Gasteiger partial charge in [0.25, 0.3) is 0 Å². The molecule has 1 saturated heterocycles. The van der Waals surface area contributed by atoms with Gasteiger partial charge in [0.15, 0.2) is 0 Å². The molecule has 0 aromatic heterocycles. The number of amides is 2. The lowest BCUT2D eigenvalue weighted by Crippen LogP contribution is -2.50. The van der Waals surface area contributed by atoms with Crippen molar-refractivity contribution in [3.8, 4) is 0 Å². The first-order chi connectivity index (χ1) is 10.4. The minimum absolute atomic E-state index is 0.0333. The molecule has 1 aliphatic heterocycles. The molecule has 4 nitrogen and oxygen atoms in total. The minimum Gasteiger partial charge on any atom is -0.376 e. The summed E-state index contributed by atoms with van der Waals surface area (Å²) >= 11 is 0. The van der Waals surface area contributed by atoms with E-state index in [0.29, 0.717) is 12.8 Å². The van der Waals surface area contributed by atoms with Gasteiger partial charge in [0, 0.05) is 12.6 Å². The fourth-order valence-corrected chi connectivity index (χ4v) is 3.34. The van der Waals surface area contributed by atoms with E-state index in [1.165, 1.54) is 0 Å². The molecule has 0 spiro atoms. The molecule has 1 aliphatic carbocycles. The van der Waals surface area contributed by atoms with Gasteiger partial charge in [0.05, 0.1) is 18.1 Å². The van der Waals surface area contributed by atoms with Crippen LogP contribution in [-0.4, -0.2) is 37.0 Å². The topological polar surface area (TPSA) is 50.4 Å². The number of ether oxygens (including phenoxy) is 1. The molecule has 2 unspecified atom stereocenters. The largest absolute Gasteiger partial charge is 0.391 e. The molecular formula is C15H25F3N2O2. The zero-order chi connectivity index (χ0) is 16.2. The molecule has 2 aliphatic rings. The molecule has 0 bridgehead atoms. The Kier molecular flexibility index (Phi) is 5.94. The zero-order valence-corrected chi connectivity index (χ0v) is 12.9. The second-order valence-electron chi connectivity index (χ2n) is 6.27.